The maximum absolute atomic E-state index is 15.3. The largest absolute Gasteiger partial charge is 0.478 e. The van der Waals surface area contributed by atoms with E-state index in [-0.39, 0.29) is 34.6 Å². The Labute approximate surface area is 184 Å². The second-order valence-corrected chi connectivity index (χ2v) is 8.61. The van der Waals surface area contributed by atoms with E-state index >= 15 is 4.39 Å². The minimum Gasteiger partial charge on any atom is -0.478 e. The van der Waals surface area contributed by atoms with Gasteiger partial charge in [-0.05, 0) is 60.1 Å². The zero-order chi connectivity index (χ0) is 23.4. The van der Waals surface area contributed by atoms with Crippen molar-refractivity contribution in [3.63, 3.8) is 0 Å². The zero-order valence-electron chi connectivity index (χ0n) is 17.9. The second-order valence-electron chi connectivity index (χ2n) is 8.61. The highest BCUT2D eigenvalue weighted by Gasteiger charge is 2.36. The Morgan fingerprint density at radius 3 is 2.44 bits per heavy atom. The number of benzene rings is 2. The van der Waals surface area contributed by atoms with Crippen molar-refractivity contribution < 1.29 is 31.9 Å². The van der Waals surface area contributed by atoms with Crippen molar-refractivity contribution in [3.05, 3.63) is 58.9 Å². The summed E-state index contributed by atoms with van der Waals surface area (Å²) in [6.07, 6.45) is 0.885. The summed E-state index contributed by atoms with van der Waals surface area (Å²) in [4.78, 5) is 11.8. The van der Waals surface area contributed by atoms with Crippen LogP contribution in [0.5, 0.6) is 0 Å². The molecule has 32 heavy (non-hydrogen) atoms. The standard InChI is InChI=1S/C25H27F5O2/c1-2-3-5-14-8-9-18(20(26)10-14)21(27)13-19-16(6-4-7-17(19)25(31)32)15-11-22(28)24(30)23(29)12-15/h4,6-7,11-12,14,18,20-21H,2-3,5,8-10,13H2,1H3,(H,31,32)/t14-,18-,20?,21?/m0/s1. The topological polar surface area (TPSA) is 37.3 Å². The van der Waals surface area contributed by atoms with Gasteiger partial charge >= 0.3 is 5.97 Å². The van der Waals surface area contributed by atoms with Gasteiger partial charge in [0, 0.05) is 12.3 Å². The molecule has 7 heteroatoms. The van der Waals surface area contributed by atoms with Crippen LogP contribution < -0.4 is 0 Å². The first kappa shape index (κ1) is 24.2. The minimum absolute atomic E-state index is 0.0122. The van der Waals surface area contributed by atoms with Crippen molar-refractivity contribution in [1.82, 2.24) is 0 Å². The van der Waals surface area contributed by atoms with Crippen molar-refractivity contribution in [2.24, 2.45) is 11.8 Å². The average Bonchev–Trinajstić information content (AvgIpc) is 2.75. The fourth-order valence-electron chi connectivity index (χ4n) is 4.72. The van der Waals surface area contributed by atoms with Crippen molar-refractivity contribution in [3.8, 4) is 11.1 Å². The van der Waals surface area contributed by atoms with E-state index in [0.29, 0.717) is 12.8 Å². The van der Waals surface area contributed by atoms with E-state index in [1.165, 1.54) is 18.2 Å². The van der Waals surface area contributed by atoms with E-state index in [2.05, 4.69) is 6.92 Å². The molecule has 0 spiro atoms. The van der Waals surface area contributed by atoms with Crippen LogP contribution in [0, 0.1) is 29.3 Å². The molecule has 1 aliphatic rings. The number of hydrogen-bond donors (Lipinski definition) is 1. The highest BCUT2D eigenvalue weighted by Crippen LogP contribution is 2.39. The van der Waals surface area contributed by atoms with Gasteiger partial charge in [0.05, 0.1) is 5.56 Å². The smallest absolute Gasteiger partial charge is 0.335 e. The first-order valence-electron chi connectivity index (χ1n) is 11.0. The lowest BCUT2D eigenvalue weighted by atomic mass is 9.75. The highest BCUT2D eigenvalue weighted by atomic mass is 19.2. The Morgan fingerprint density at radius 2 is 1.84 bits per heavy atom. The summed E-state index contributed by atoms with van der Waals surface area (Å²) in [6.45, 7) is 2.06. The third kappa shape index (κ3) is 5.30. The first-order chi connectivity index (χ1) is 15.2. The number of aromatic carboxylic acids is 1. The number of carboxylic acids is 1. The van der Waals surface area contributed by atoms with Crippen LogP contribution in [-0.4, -0.2) is 23.4 Å². The van der Waals surface area contributed by atoms with Gasteiger partial charge in [0.15, 0.2) is 17.5 Å². The van der Waals surface area contributed by atoms with Crippen LogP contribution >= 0.6 is 0 Å². The number of rotatable bonds is 8. The van der Waals surface area contributed by atoms with Crippen LogP contribution in [0.15, 0.2) is 30.3 Å². The number of hydrogen-bond acceptors (Lipinski definition) is 1. The number of carbonyl (C=O) groups is 1. The lowest BCUT2D eigenvalue weighted by Gasteiger charge is -2.34. The van der Waals surface area contributed by atoms with E-state index in [9.17, 15) is 27.5 Å². The molecule has 3 rings (SSSR count). The van der Waals surface area contributed by atoms with Gasteiger partial charge < -0.3 is 5.11 Å². The fourth-order valence-corrected chi connectivity index (χ4v) is 4.72. The normalized spacial score (nSPS) is 22.0. The van der Waals surface area contributed by atoms with Gasteiger partial charge in [0.25, 0.3) is 0 Å². The van der Waals surface area contributed by atoms with Gasteiger partial charge in [0.2, 0.25) is 0 Å². The van der Waals surface area contributed by atoms with Crippen molar-refractivity contribution in [2.45, 2.75) is 64.2 Å². The Hall–Kier alpha value is -2.44. The number of alkyl halides is 2. The van der Waals surface area contributed by atoms with Crippen molar-refractivity contribution in [2.75, 3.05) is 0 Å². The van der Waals surface area contributed by atoms with Crippen molar-refractivity contribution >= 4 is 5.97 Å². The molecule has 0 heterocycles. The molecule has 1 N–H and O–H groups in total. The maximum atomic E-state index is 15.3. The Morgan fingerprint density at radius 1 is 1.16 bits per heavy atom. The number of carboxylic acid groups (broad SMARTS) is 1. The molecule has 174 valence electrons. The van der Waals surface area contributed by atoms with Gasteiger partial charge in [-0.3, -0.25) is 0 Å². The van der Waals surface area contributed by atoms with E-state index in [1.54, 1.807) is 0 Å². The SMILES string of the molecule is CCCC[C@H]1CC[C@H](C(F)Cc2c(C(=O)O)cccc2-c2cc(F)c(F)c(F)c2)C(F)C1. The summed E-state index contributed by atoms with van der Waals surface area (Å²) in [5.74, 6) is -6.49. The molecule has 0 amide bonds. The van der Waals surface area contributed by atoms with E-state index in [0.717, 1.165) is 31.4 Å². The molecule has 1 fully saturated rings. The second kappa shape index (κ2) is 10.5. The molecule has 2 aromatic rings. The van der Waals surface area contributed by atoms with Crippen LogP contribution in [-0.2, 0) is 6.42 Å². The quantitative estimate of drug-likeness (QED) is 0.336. The third-order valence-corrected chi connectivity index (χ3v) is 6.46. The molecule has 2 nitrogen and oxygen atoms in total. The summed E-state index contributed by atoms with van der Waals surface area (Å²) in [5, 5.41) is 9.58. The van der Waals surface area contributed by atoms with Gasteiger partial charge in [-0.25, -0.2) is 26.7 Å². The number of halogens is 5. The van der Waals surface area contributed by atoms with Gasteiger partial charge in [-0.1, -0.05) is 38.3 Å². The first-order valence-corrected chi connectivity index (χ1v) is 11.0. The van der Waals surface area contributed by atoms with Crippen LogP contribution in [0.4, 0.5) is 22.0 Å². The predicted octanol–water partition coefficient (Wildman–Crippen LogP) is 7.29. The van der Waals surface area contributed by atoms with Crippen LogP contribution in [0.2, 0.25) is 0 Å². The molecule has 0 aromatic heterocycles. The highest BCUT2D eigenvalue weighted by molar-refractivity contribution is 5.92. The molecule has 0 bridgehead atoms. The molecule has 1 aliphatic carbocycles. The van der Waals surface area contributed by atoms with E-state index in [1.807, 2.05) is 0 Å². The number of unbranched alkanes of at least 4 members (excludes halogenated alkanes) is 1. The molecule has 0 saturated heterocycles. The van der Waals surface area contributed by atoms with E-state index < -0.39 is 48.1 Å². The fraction of sp³-hybridized carbons (Fsp3) is 0.480. The monoisotopic (exact) mass is 454 g/mol. The van der Waals surface area contributed by atoms with Crippen LogP contribution in [0.3, 0.4) is 0 Å². The van der Waals surface area contributed by atoms with Crippen LogP contribution in [0.1, 0.15) is 61.4 Å². The average molecular weight is 454 g/mol. The summed E-state index contributed by atoms with van der Waals surface area (Å²) >= 11 is 0. The third-order valence-electron chi connectivity index (χ3n) is 6.46. The lowest BCUT2D eigenvalue weighted by molar-refractivity contribution is 0.0592. The summed E-state index contributed by atoms with van der Waals surface area (Å²) in [5.41, 5.74) is -0.246. The molecule has 4 atom stereocenters. The van der Waals surface area contributed by atoms with Crippen molar-refractivity contribution in [1.29, 1.82) is 0 Å². The molecule has 0 aliphatic heterocycles. The Kier molecular flexibility index (Phi) is 7.91. The molecule has 2 unspecified atom stereocenters. The molecular weight excluding hydrogens is 427 g/mol. The summed E-state index contributed by atoms with van der Waals surface area (Å²) < 4.78 is 71.1. The van der Waals surface area contributed by atoms with E-state index in [4.69, 9.17) is 0 Å². The summed E-state index contributed by atoms with van der Waals surface area (Å²) in [6, 6.07) is 5.51. The molecule has 0 radical (unpaired) electrons. The Balaban J connectivity index is 1.90. The molecule has 1 saturated carbocycles. The van der Waals surface area contributed by atoms with Gasteiger partial charge in [-0.2, -0.15) is 0 Å². The zero-order valence-corrected chi connectivity index (χ0v) is 17.9. The van der Waals surface area contributed by atoms with Crippen LogP contribution in [0.25, 0.3) is 11.1 Å². The maximum Gasteiger partial charge on any atom is 0.335 e. The Bertz CT molecular complexity index is 938. The lowest BCUT2D eigenvalue weighted by Crippen LogP contribution is -2.34. The minimum atomic E-state index is -1.66. The summed E-state index contributed by atoms with van der Waals surface area (Å²) in [7, 11) is 0. The predicted molar refractivity (Wildman–Crippen MR) is 113 cm³/mol. The van der Waals surface area contributed by atoms with Gasteiger partial charge in [-0.15, -0.1) is 0 Å². The van der Waals surface area contributed by atoms with Gasteiger partial charge in [0.1, 0.15) is 12.3 Å². The molecular formula is C25H27F5O2. The molecule has 2 aromatic carbocycles.